The number of carbonyl (C=O) groups is 1. The van der Waals surface area contributed by atoms with Crippen LogP contribution in [-0.4, -0.2) is 29.6 Å². The van der Waals surface area contributed by atoms with Crippen molar-refractivity contribution in [1.29, 1.82) is 0 Å². The maximum Gasteiger partial charge on any atom is 0.323 e. The zero-order valence-corrected chi connectivity index (χ0v) is 15.7. The number of hydrogen-bond donors (Lipinski definition) is 0. The number of carbonyl (C=O) groups excluding carboxylic acids is 1. The van der Waals surface area contributed by atoms with Gasteiger partial charge >= 0.3 is 5.97 Å². The van der Waals surface area contributed by atoms with Gasteiger partial charge in [0.05, 0.1) is 12.1 Å². The third-order valence-corrected chi connectivity index (χ3v) is 4.87. The molecular weight excluding hydrogens is 348 g/mol. The van der Waals surface area contributed by atoms with E-state index in [0.29, 0.717) is 6.42 Å². The average Bonchev–Trinajstić information content (AvgIpc) is 2.65. The number of likely N-dealkylation sites (tertiary alicyclic amines) is 1. The Bertz CT molecular complexity index is 713. The van der Waals surface area contributed by atoms with Gasteiger partial charge in [0.1, 0.15) is 17.7 Å². The normalized spacial score (nSPS) is 18.1. The lowest BCUT2D eigenvalue weighted by atomic mass is 9.91. The summed E-state index contributed by atoms with van der Waals surface area (Å²) in [5.74, 6) is -0.865. The fourth-order valence-corrected chi connectivity index (χ4v) is 3.69. The first-order valence-corrected chi connectivity index (χ1v) is 9.43. The summed E-state index contributed by atoms with van der Waals surface area (Å²) < 4.78 is 32.4. The monoisotopic (exact) mass is 373 g/mol. The van der Waals surface area contributed by atoms with Crippen molar-refractivity contribution in [2.24, 2.45) is 0 Å². The van der Waals surface area contributed by atoms with Crippen molar-refractivity contribution in [3.05, 3.63) is 71.3 Å². The number of nitrogens with zero attached hydrogens (tertiary/aromatic N) is 1. The van der Waals surface area contributed by atoms with Gasteiger partial charge in [-0.2, -0.15) is 0 Å². The minimum absolute atomic E-state index is 0.184. The molecule has 0 aliphatic carbocycles. The highest BCUT2D eigenvalue weighted by atomic mass is 19.1. The highest BCUT2D eigenvalue weighted by molar-refractivity contribution is 5.76. The third-order valence-electron chi connectivity index (χ3n) is 4.87. The van der Waals surface area contributed by atoms with E-state index in [2.05, 4.69) is 4.90 Å². The zero-order chi connectivity index (χ0) is 19.4. The van der Waals surface area contributed by atoms with Crippen molar-refractivity contribution in [3.63, 3.8) is 0 Å². The first kappa shape index (κ1) is 19.5. The van der Waals surface area contributed by atoms with Gasteiger partial charge in [-0.1, -0.05) is 30.7 Å². The van der Waals surface area contributed by atoms with Gasteiger partial charge in [-0.15, -0.1) is 0 Å². The molecule has 1 unspecified atom stereocenters. The Kier molecular flexibility index (Phi) is 6.22. The van der Waals surface area contributed by atoms with Gasteiger partial charge in [0.25, 0.3) is 0 Å². The first-order chi connectivity index (χ1) is 13.0. The van der Waals surface area contributed by atoms with Gasteiger partial charge in [-0.05, 0) is 68.6 Å². The maximum absolute atomic E-state index is 13.5. The molecule has 1 aliphatic rings. The number of esters is 1. The van der Waals surface area contributed by atoms with Gasteiger partial charge in [0, 0.05) is 0 Å². The van der Waals surface area contributed by atoms with Crippen molar-refractivity contribution in [3.8, 4) is 0 Å². The molecule has 5 heteroatoms. The molecule has 0 bridgehead atoms. The van der Waals surface area contributed by atoms with E-state index in [9.17, 15) is 13.6 Å². The smallest absolute Gasteiger partial charge is 0.323 e. The Balaban J connectivity index is 2.00. The lowest BCUT2D eigenvalue weighted by Crippen LogP contribution is -2.48. The van der Waals surface area contributed by atoms with Crippen LogP contribution in [0.15, 0.2) is 48.5 Å². The molecule has 1 aliphatic heterocycles. The number of halogens is 2. The molecule has 1 atom stereocenters. The van der Waals surface area contributed by atoms with Crippen LogP contribution in [0, 0.1) is 11.6 Å². The van der Waals surface area contributed by atoms with Gasteiger partial charge in [0.15, 0.2) is 0 Å². The van der Waals surface area contributed by atoms with E-state index in [1.165, 1.54) is 24.3 Å². The molecule has 0 spiro atoms. The van der Waals surface area contributed by atoms with Gasteiger partial charge in [-0.3, -0.25) is 9.69 Å². The van der Waals surface area contributed by atoms with E-state index < -0.39 is 0 Å². The summed E-state index contributed by atoms with van der Waals surface area (Å²) in [6, 6.07) is 11.9. The molecule has 1 saturated heterocycles. The Labute approximate surface area is 158 Å². The highest BCUT2D eigenvalue weighted by Crippen LogP contribution is 2.34. The van der Waals surface area contributed by atoms with Crippen molar-refractivity contribution in [2.45, 2.75) is 51.3 Å². The second-order valence-corrected chi connectivity index (χ2v) is 7.24. The molecule has 0 saturated carbocycles. The molecular formula is C22H25F2NO2. The van der Waals surface area contributed by atoms with Gasteiger partial charge < -0.3 is 4.74 Å². The lowest BCUT2D eigenvalue weighted by molar-refractivity contribution is -0.156. The molecule has 0 N–H and O–H groups in total. The fourth-order valence-electron chi connectivity index (χ4n) is 3.69. The summed E-state index contributed by atoms with van der Waals surface area (Å²) in [6.07, 6.45) is 2.44. The van der Waals surface area contributed by atoms with Crippen molar-refractivity contribution in [2.75, 3.05) is 6.54 Å². The highest BCUT2D eigenvalue weighted by Gasteiger charge is 2.36. The number of hydrogen-bond acceptors (Lipinski definition) is 3. The van der Waals surface area contributed by atoms with Crippen LogP contribution in [0.5, 0.6) is 0 Å². The zero-order valence-electron chi connectivity index (χ0n) is 15.7. The second kappa shape index (κ2) is 8.61. The molecule has 27 heavy (non-hydrogen) atoms. The fraction of sp³-hybridized carbons (Fsp3) is 0.409. The molecule has 0 amide bonds. The molecule has 1 fully saturated rings. The Morgan fingerprint density at radius 2 is 1.48 bits per heavy atom. The molecule has 0 aromatic heterocycles. The van der Waals surface area contributed by atoms with Crippen LogP contribution in [0.4, 0.5) is 8.78 Å². The van der Waals surface area contributed by atoms with Crippen LogP contribution < -0.4 is 0 Å². The summed E-state index contributed by atoms with van der Waals surface area (Å²) in [7, 11) is 0. The van der Waals surface area contributed by atoms with Crippen LogP contribution in [0.2, 0.25) is 0 Å². The van der Waals surface area contributed by atoms with Crippen molar-refractivity contribution in [1.82, 2.24) is 4.90 Å². The van der Waals surface area contributed by atoms with Crippen LogP contribution in [0.3, 0.4) is 0 Å². The number of ether oxygens (including phenoxy) is 1. The standard InChI is InChI=1S/C22H25F2NO2/c1-15(2)27-22(26)20-5-3-4-14-25(20)21(16-6-10-18(23)11-7-16)17-8-12-19(24)13-9-17/h6-13,15,20-21H,3-5,14H2,1-2H3. The van der Waals surface area contributed by atoms with Crippen LogP contribution in [0.25, 0.3) is 0 Å². The minimum Gasteiger partial charge on any atom is -0.462 e. The predicted molar refractivity (Wildman–Crippen MR) is 100 cm³/mol. The Hall–Kier alpha value is -2.27. The summed E-state index contributed by atoms with van der Waals surface area (Å²) >= 11 is 0. The minimum atomic E-state index is -0.374. The molecule has 1 heterocycles. The molecule has 0 radical (unpaired) electrons. The molecule has 2 aromatic carbocycles. The largest absolute Gasteiger partial charge is 0.462 e. The van der Waals surface area contributed by atoms with Crippen LogP contribution >= 0.6 is 0 Å². The molecule has 3 rings (SSSR count). The summed E-state index contributed by atoms with van der Waals surface area (Å²) in [6.45, 7) is 4.39. The first-order valence-electron chi connectivity index (χ1n) is 9.43. The number of benzene rings is 2. The predicted octanol–water partition coefficient (Wildman–Crippen LogP) is 4.86. The second-order valence-electron chi connectivity index (χ2n) is 7.24. The average molecular weight is 373 g/mol. The van der Waals surface area contributed by atoms with Crippen molar-refractivity contribution >= 4 is 5.97 Å². The van der Waals surface area contributed by atoms with E-state index in [4.69, 9.17) is 4.74 Å². The van der Waals surface area contributed by atoms with E-state index >= 15 is 0 Å². The summed E-state index contributed by atoms with van der Waals surface area (Å²) in [4.78, 5) is 14.8. The summed E-state index contributed by atoms with van der Waals surface area (Å²) in [5.41, 5.74) is 1.74. The quantitative estimate of drug-likeness (QED) is 0.701. The maximum atomic E-state index is 13.5. The van der Waals surface area contributed by atoms with Gasteiger partial charge in [-0.25, -0.2) is 8.78 Å². The third kappa shape index (κ3) is 4.72. The van der Waals surface area contributed by atoms with E-state index in [1.807, 2.05) is 13.8 Å². The SMILES string of the molecule is CC(C)OC(=O)C1CCCCN1C(c1ccc(F)cc1)c1ccc(F)cc1. The molecule has 144 valence electrons. The van der Waals surface area contributed by atoms with E-state index in [-0.39, 0.29) is 35.8 Å². The van der Waals surface area contributed by atoms with Gasteiger partial charge in [0.2, 0.25) is 0 Å². The lowest BCUT2D eigenvalue weighted by Gasteiger charge is -2.40. The Morgan fingerprint density at radius 1 is 0.963 bits per heavy atom. The Morgan fingerprint density at radius 3 is 1.96 bits per heavy atom. The van der Waals surface area contributed by atoms with Crippen LogP contribution in [0.1, 0.15) is 50.3 Å². The molecule has 2 aromatic rings. The van der Waals surface area contributed by atoms with Crippen molar-refractivity contribution < 1.29 is 18.3 Å². The number of piperidine rings is 1. The summed E-state index contributed by atoms with van der Waals surface area (Å²) in [5, 5.41) is 0. The topological polar surface area (TPSA) is 29.5 Å². The van der Waals surface area contributed by atoms with E-state index in [0.717, 1.165) is 30.5 Å². The van der Waals surface area contributed by atoms with Crippen LogP contribution in [-0.2, 0) is 9.53 Å². The number of rotatable bonds is 5. The van der Waals surface area contributed by atoms with E-state index in [1.54, 1.807) is 24.3 Å². The molecule has 3 nitrogen and oxygen atoms in total.